The number of rotatable bonds is 3. The lowest BCUT2D eigenvalue weighted by molar-refractivity contribution is -0.131. The fourth-order valence-corrected chi connectivity index (χ4v) is 1.50. The molecule has 0 saturated carbocycles. The van der Waals surface area contributed by atoms with E-state index in [0.717, 1.165) is 11.0 Å². The fraction of sp³-hybridized carbons (Fsp3) is 0.111. The summed E-state index contributed by atoms with van der Waals surface area (Å²) in [5.41, 5.74) is 0. The number of imide groups is 1. The number of nitrogens with one attached hydrogen (secondary N) is 2. The summed E-state index contributed by atoms with van der Waals surface area (Å²) in [6, 6.07) is -0.764. The van der Waals surface area contributed by atoms with E-state index < -0.39 is 17.9 Å². The van der Waals surface area contributed by atoms with E-state index in [1.807, 2.05) is 12.2 Å². The smallest absolute Gasteiger partial charge is 0.328 e. The predicted octanol–water partition coefficient (Wildman–Crippen LogP) is 0.740. The number of aryl methyl sites for hydroxylation is 1. The van der Waals surface area contributed by atoms with E-state index in [4.69, 9.17) is 5.11 Å². The Bertz CT molecular complexity index is 480. The van der Waals surface area contributed by atoms with Gasteiger partial charge in [-0.05, 0) is 6.92 Å². The van der Waals surface area contributed by atoms with Crippen LogP contribution in [0.4, 0.5) is 9.93 Å². The Kier molecular flexibility index (Phi) is 4.35. The van der Waals surface area contributed by atoms with Crippen LogP contribution in [0.5, 0.6) is 0 Å². The highest BCUT2D eigenvalue weighted by molar-refractivity contribution is 7.15. The van der Waals surface area contributed by atoms with Crippen molar-refractivity contribution in [1.29, 1.82) is 0 Å². The topological polar surface area (TPSA) is 108 Å². The number of hydrogen-bond acceptors (Lipinski definition) is 5. The van der Waals surface area contributed by atoms with E-state index in [2.05, 4.69) is 10.3 Å². The Morgan fingerprint density at radius 1 is 1.41 bits per heavy atom. The summed E-state index contributed by atoms with van der Waals surface area (Å²) in [6.45, 7) is 1.82. The number of carbonyl (C=O) groups excluding carboxylic acids is 2. The Hall–Kier alpha value is -2.22. The summed E-state index contributed by atoms with van der Waals surface area (Å²) >= 11 is 1.25. The molecule has 0 fully saturated rings. The Balaban J connectivity index is 2.45. The van der Waals surface area contributed by atoms with Crippen LogP contribution in [0, 0.1) is 6.92 Å². The molecule has 8 heteroatoms. The van der Waals surface area contributed by atoms with Gasteiger partial charge in [-0.1, -0.05) is 0 Å². The van der Waals surface area contributed by atoms with Crippen LogP contribution in [-0.2, 0) is 9.59 Å². The zero-order valence-electron chi connectivity index (χ0n) is 8.76. The van der Waals surface area contributed by atoms with Gasteiger partial charge in [-0.2, -0.15) is 0 Å². The van der Waals surface area contributed by atoms with Crippen LogP contribution in [0.2, 0.25) is 0 Å². The van der Waals surface area contributed by atoms with Gasteiger partial charge in [-0.3, -0.25) is 15.4 Å². The number of amides is 3. The number of anilines is 1. The summed E-state index contributed by atoms with van der Waals surface area (Å²) in [6.07, 6.45) is 2.96. The van der Waals surface area contributed by atoms with E-state index in [1.165, 1.54) is 11.3 Å². The van der Waals surface area contributed by atoms with Crippen molar-refractivity contribution in [3.63, 3.8) is 0 Å². The van der Waals surface area contributed by atoms with Gasteiger partial charge in [-0.25, -0.2) is 14.6 Å². The molecule has 0 bridgehead atoms. The number of hydrogen-bond donors (Lipinski definition) is 3. The molecule has 17 heavy (non-hydrogen) atoms. The number of nitrogens with zero attached hydrogens (tertiary/aromatic N) is 1. The molecule has 3 amide bonds. The first-order chi connectivity index (χ1) is 7.97. The van der Waals surface area contributed by atoms with Gasteiger partial charge < -0.3 is 5.11 Å². The maximum Gasteiger partial charge on any atom is 0.328 e. The third kappa shape index (κ3) is 4.89. The Morgan fingerprint density at radius 3 is 2.65 bits per heavy atom. The minimum atomic E-state index is -1.27. The third-order valence-corrected chi connectivity index (χ3v) is 2.28. The summed E-state index contributed by atoms with van der Waals surface area (Å²) in [5.74, 6) is -2.09. The lowest BCUT2D eigenvalue weighted by Crippen LogP contribution is -2.33. The van der Waals surface area contributed by atoms with Crippen molar-refractivity contribution < 1.29 is 19.5 Å². The van der Waals surface area contributed by atoms with Crippen LogP contribution in [0.15, 0.2) is 18.3 Å². The van der Waals surface area contributed by atoms with Crippen molar-refractivity contribution in [2.45, 2.75) is 6.92 Å². The monoisotopic (exact) mass is 255 g/mol. The molecule has 3 N–H and O–H groups in total. The predicted molar refractivity (Wildman–Crippen MR) is 60.8 cm³/mol. The van der Waals surface area contributed by atoms with Gasteiger partial charge in [0.1, 0.15) is 0 Å². The summed E-state index contributed by atoms with van der Waals surface area (Å²) in [5, 5.41) is 12.9. The maximum absolute atomic E-state index is 11.2. The van der Waals surface area contributed by atoms with Gasteiger partial charge in [0.25, 0.3) is 5.91 Å². The first-order valence-corrected chi connectivity index (χ1v) is 5.24. The minimum Gasteiger partial charge on any atom is -0.478 e. The first kappa shape index (κ1) is 12.8. The average Bonchev–Trinajstić information content (AvgIpc) is 2.60. The summed E-state index contributed by atoms with van der Waals surface area (Å²) < 4.78 is 0. The number of carbonyl (C=O) groups is 3. The van der Waals surface area contributed by atoms with Crippen LogP contribution in [0.3, 0.4) is 0 Å². The summed E-state index contributed by atoms with van der Waals surface area (Å²) in [7, 11) is 0. The normalized spacial score (nSPS) is 10.2. The number of carboxylic acid groups (broad SMARTS) is 1. The molecule has 0 atom stereocenters. The second-order valence-corrected chi connectivity index (χ2v) is 4.13. The van der Waals surface area contributed by atoms with Crippen molar-refractivity contribution in [3.8, 4) is 0 Å². The fourth-order valence-electron chi connectivity index (χ4n) is 0.841. The van der Waals surface area contributed by atoms with Crippen molar-refractivity contribution in [1.82, 2.24) is 10.3 Å². The highest BCUT2D eigenvalue weighted by Crippen LogP contribution is 2.15. The van der Waals surface area contributed by atoms with Crippen LogP contribution in [-0.4, -0.2) is 28.0 Å². The second kappa shape index (κ2) is 5.75. The molecule has 0 radical (unpaired) electrons. The van der Waals surface area contributed by atoms with Gasteiger partial charge in [0.05, 0.1) is 0 Å². The highest BCUT2D eigenvalue weighted by Gasteiger charge is 2.07. The molecule has 0 aliphatic rings. The lowest BCUT2D eigenvalue weighted by Gasteiger charge is -2.00. The molecule has 1 heterocycles. The highest BCUT2D eigenvalue weighted by atomic mass is 32.1. The van der Waals surface area contributed by atoms with Crippen LogP contribution in [0.25, 0.3) is 0 Å². The van der Waals surface area contributed by atoms with E-state index in [-0.39, 0.29) is 0 Å². The largest absolute Gasteiger partial charge is 0.478 e. The van der Waals surface area contributed by atoms with E-state index in [1.54, 1.807) is 6.20 Å². The Labute approximate surface area is 100 Å². The van der Waals surface area contributed by atoms with Crippen LogP contribution in [0.1, 0.15) is 4.88 Å². The summed E-state index contributed by atoms with van der Waals surface area (Å²) in [4.78, 5) is 37.1. The molecule has 0 aliphatic heterocycles. The maximum atomic E-state index is 11.2. The van der Waals surface area contributed by atoms with Gasteiger partial charge in [0.15, 0.2) is 5.13 Å². The third-order valence-electron chi connectivity index (χ3n) is 1.46. The number of thiazole rings is 1. The number of aliphatic carboxylic acids is 1. The second-order valence-electron chi connectivity index (χ2n) is 2.89. The van der Waals surface area contributed by atoms with E-state index >= 15 is 0 Å². The van der Waals surface area contributed by atoms with Gasteiger partial charge in [0, 0.05) is 23.2 Å². The molecule has 0 saturated heterocycles. The zero-order chi connectivity index (χ0) is 12.8. The quantitative estimate of drug-likeness (QED) is 0.690. The SMILES string of the molecule is Cc1cnc(NC(=O)NC(=O)/C=C/C(=O)O)s1. The lowest BCUT2D eigenvalue weighted by atomic mass is 10.5. The van der Waals surface area contributed by atoms with E-state index in [9.17, 15) is 14.4 Å². The molecule has 90 valence electrons. The first-order valence-electron chi connectivity index (χ1n) is 4.43. The van der Waals surface area contributed by atoms with Crippen molar-refractivity contribution >= 4 is 34.4 Å². The van der Waals surface area contributed by atoms with Gasteiger partial charge in [-0.15, -0.1) is 11.3 Å². The van der Waals surface area contributed by atoms with Crippen LogP contribution < -0.4 is 10.6 Å². The number of urea groups is 1. The Morgan fingerprint density at radius 2 is 2.12 bits per heavy atom. The molecular formula is C9H9N3O4S. The van der Waals surface area contributed by atoms with E-state index in [0.29, 0.717) is 11.2 Å². The average molecular weight is 255 g/mol. The number of carboxylic acids is 1. The molecule has 0 spiro atoms. The number of aromatic nitrogens is 1. The molecule has 7 nitrogen and oxygen atoms in total. The van der Waals surface area contributed by atoms with Crippen molar-refractivity contribution in [2.75, 3.05) is 5.32 Å². The van der Waals surface area contributed by atoms with Gasteiger partial charge >= 0.3 is 12.0 Å². The minimum absolute atomic E-state index is 0.356. The molecule has 1 aromatic heterocycles. The van der Waals surface area contributed by atoms with Crippen molar-refractivity contribution in [3.05, 3.63) is 23.2 Å². The zero-order valence-corrected chi connectivity index (χ0v) is 9.58. The molecule has 1 rings (SSSR count). The van der Waals surface area contributed by atoms with Crippen molar-refractivity contribution in [2.24, 2.45) is 0 Å². The molecule has 0 aromatic carbocycles. The standard InChI is InChI=1S/C9H9N3O4S/c1-5-4-10-9(17-5)12-8(16)11-6(13)2-3-7(14)15/h2-4H,1H3,(H,14,15)(H2,10,11,12,13,16)/b3-2+. The van der Waals surface area contributed by atoms with Gasteiger partial charge in [0.2, 0.25) is 0 Å². The molecule has 1 aromatic rings. The molecule has 0 aliphatic carbocycles. The van der Waals surface area contributed by atoms with Crippen LogP contribution >= 0.6 is 11.3 Å². The molecule has 0 unspecified atom stereocenters. The molecular weight excluding hydrogens is 246 g/mol.